The van der Waals surface area contributed by atoms with Crippen LogP contribution in [0.15, 0.2) is 23.1 Å². The van der Waals surface area contributed by atoms with Crippen LogP contribution < -0.4 is 0 Å². The number of hydrogen-bond donors (Lipinski definition) is 0. The molecule has 1 atom stereocenters. The van der Waals surface area contributed by atoms with Crippen LogP contribution in [0, 0.1) is 5.92 Å². The van der Waals surface area contributed by atoms with Gasteiger partial charge in [-0.1, -0.05) is 23.2 Å². The molecule has 0 aromatic heterocycles. The van der Waals surface area contributed by atoms with E-state index in [4.69, 9.17) is 23.2 Å². The monoisotopic (exact) mass is 445 g/mol. The van der Waals surface area contributed by atoms with Gasteiger partial charge in [0.15, 0.2) is 0 Å². The molecule has 9 heteroatoms. The topological polar surface area (TPSA) is 60.9 Å². The highest BCUT2D eigenvalue weighted by atomic mass is 35.5. The van der Waals surface area contributed by atoms with E-state index in [2.05, 4.69) is 4.90 Å². The predicted molar refractivity (Wildman–Crippen MR) is 109 cm³/mol. The first-order valence-electron chi connectivity index (χ1n) is 9.84. The quantitative estimate of drug-likeness (QED) is 0.698. The molecule has 2 heterocycles. The molecule has 0 N–H and O–H groups in total. The smallest absolute Gasteiger partial charge is 0.243 e. The Balaban J connectivity index is 1.42. The lowest BCUT2D eigenvalue weighted by molar-refractivity contribution is -0.132. The molecule has 154 valence electrons. The third-order valence-corrected chi connectivity index (χ3v) is 8.16. The van der Waals surface area contributed by atoms with Gasteiger partial charge in [-0.3, -0.25) is 9.69 Å². The molecule has 1 aromatic carbocycles. The summed E-state index contributed by atoms with van der Waals surface area (Å²) in [5.41, 5.74) is 0. The zero-order chi connectivity index (χ0) is 19.9. The normalized spacial score (nSPS) is 25.3. The van der Waals surface area contributed by atoms with Crippen molar-refractivity contribution in [2.24, 2.45) is 5.92 Å². The lowest BCUT2D eigenvalue weighted by Crippen LogP contribution is -2.44. The molecule has 0 spiro atoms. The molecule has 1 aromatic rings. The van der Waals surface area contributed by atoms with Gasteiger partial charge in [0.1, 0.15) is 0 Å². The van der Waals surface area contributed by atoms with Crippen LogP contribution in [-0.2, 0) is 14.8 Å². The molecular formula is C19H25Cl2N3O3S. The van der Waals surface area contributed by atoms with E-state index in [0.717, 1.165) is 26.1 Å². The van der Waals surface area contributed by atoms with E-state index in [0.29, 0.717) is 42.0 Å². The fraction of sp³-hybridized carbons (Fsp3) is 0.632. The average molecular weight is 446 g/mol. The van der Waals surface area contributed by atoms with Gasteiger partial charge in [-0.2, -0.15) is 4.31 Å². The van der Waals surface area contributed by atoms with Crippen LogP contribution in [0.25, 0.3) is 0 Å². The van der Waals surface area contributed by atoms with E-state index in [1.807, 2.05) is 4.90 Å². The molecule has 6 nitrogen and oxygen atoms in total. The highest BCUT2D eigenvalue weighted by molar-refractivity contribution is 7.89. The maximum Gasteiger partial charge on any atom is 0.243 e. The first-order chi connectivity index (χ1) is 13.3. The van der Waals surface area contributed by atoms with Crippen molar-refractivity contribution in [3.05, 3.63) is 28.2 Å². The average Bonchev–Trinajstić information content (AvgIpc) is 3.41. The van der Waals surface area contributed by atoms with Gasteiger partial charge in [-0.05, 0) is 49.8 Å². The summed E-state index contributed by atoms with van der Waals surface area (Å²) >= 11 is 12.0. The fourth-order valence-corrected chi connectivity index (χ4v) is 6.34. The molecular weight excluding hydrogens is 421 g/mol. The minimum absolute atomic E-state index is 0.109. The summed E-state index contributed by atoms with van der Waals surface area (Å²) in [7, 11) is -3.67. The summed E-state index contributed by atoms with van der Waals surface area (Å²) in [5.74, 6) is 0.904. The highest BCUT2D eigenvalue weighted by Gasteiger charge is 2.39. The van der Waals surface area contributed by atoms with Gasteiger partial charge in [0, 0.05) is 49.3 Å². The molecule has 4 rings (SSSR count). The van der Waals surface area contributed by atoms with Crippen molar-refractivity contribution in [1.29, 1.82) is 0 Å². The van der Waals surface area contributed by atoms with Crippen molar-refractivity contribution in [3.8, 4) is 0 Å². The third-order valence-electron chi connectivity index (χ3n) is 5.85. The Hall–Kier alpha value is -0.860. The summed E-state index contributed by atoms with van der Waals surface area (Å²) in [6.07, 6.45) is 4.00. The first kappa shape index (κ1) is 20.4. The molecule has 0 bridgehead atoms. The molecule has 2 aliphatic heterocycles. The van der Waals surface area contributed by atoms with Crippen LogP contribution in [-0.4, -0.2) is 73.7 Å². The second-order valence-electron chi connectivity index (χ2n) is 7.93. The van der Waals surface area contributed by atoms with Gasteiger partial charge in [-0.25, -0.2) is 8.42 Å². The molecule has 1 aliphatic carbocycles. The van der Waals surface area contributed by atoms with E-state index in [1.54, 1.807) is 0 Å². The van der Waals surface area contributed by atoms with Gasteiger partial charge in [-0.15, -0.1) is 0 Å². The van der Waals surface area contributed by atoms with Gasteiger partial charge in [0.05, 0.1) is 10.9 Å². The van der Waals surface area contributed by atoms with Gasteiger partial charge in [0.2, 0.25) is 15.9 Å². The standard InChI is InChI=1S/C19H25Cl2N3O3S/c20-15-10-16(21)12-17(11-15)28(26,27)24-6-1-5-22(8-9-24)18-4-7-23(19(18)25)13-14-2-3-14/h10-12,14,18H,1-9,13H2/t18-/m1/s1. The van der Waals surface area contributed by atoms with E-state index < -0.39 is 10.0 Å². The fourth-order valence-electron chi connectivity index (χ4n) is 4.15. The number of amides is 1. The van der Waals surface area contributed by atoms with E-state index >= 15 is 0 Å². The largest absolute Gasteiger partial charge is 0.341 e. The van der Waals surface area contributed by atoms with Crippen molar-refractivity contribution >= 4 is 39.1 Å². The summed E-state index contributed by atoms with van der Waals surface area (Å²) in [6.45, 7) is 3.78. The lowest BCUT2D eigenvalue weighted by Gasteiger charge is -2.26. The van der Waals surface area contributed by atoms with Crippen molar-refractivity contribution in [2.75, 3.05) is 39.3 Å². The maximum atomic E-state index is 13.0. The Kier molecular flexibility index (Phi) is 5.91. The number of carbonyl (C=O) groups is 1. The molecule has 3 fully saturated rings. The molecule has 28 heavy (non-hydrogen) atoms. The number of carbonyl (C=O) groups excluding carboxylic acids is 1. The Morgan fingerprint density at radius 3 is 2.32 bits per heavy atom. The Morgan fingerprint density at radius 2 is 1.64 bits per heavy atom. The van der Waals surface area contributed by atoms with Crippen molar-refractivity contribution in [3.63, 3.8) is 0 Å². The lowest BCUT2D eigenvalue weighted by atomic mass is 10.2. The van der Waals surface area contributed by atoms with E-state index in [1.165, 1.54) is 35.3 Å². The summed E-state index contributed by atoms with van der Waals surface area (Å²) < 4.78 is 27.5. The predicted octanol–water partition coefficient (Wildman–Crippen LogP) is 2.70. The number of likely N-dealkylation sites (tertiary alicyclic amines) is 1. The number of sulfonamides is 1. The zero-order valence-electron chi connectivity index (χ0n) is 15.7. The molecule has 0 unspecified atom stereocenters. The van der Waals surface area contributed by atoms with Gasteiger partial charge >= 0.3 is 0 Å². The Morgan fingerprint density at radius 1 is 0.929 bits per heavy atom. The minimum atomic E-state index is -3.67. The van der Waals surface area contributed by atoms with E-state index in [9.17, 15) is 13.2 Å². The molecule has 3 aliphatic rings. The number of nitrogens with zero attached hydrogens (tertiary/aromatic N) is 3. The van der Waals surface area contributed by atoms with Crippen LogP contribution in [0.2, 0.25) is 10.0 Å². The summed E-state index contributed by atoms with van der Waals surface area (Å²) in [6, 6.07) is 4.27. The minimum Gasteiger partial charge on any atom is -0.341 e. The van der Waals surface area contributed by atoms with Gasteiger partial charge < -0.3 is 4.90 Å². The van der Waals surface area contributed by atoms with Crippen LogP contribution in [0.1, 0.15) is 25.7 Å². The van der Waals surface area contributed by atoms with Gasteiger partial charge in [0.25, 0.3) is 0 Å². The summed E-state index contributed by atoms with van der Waals surface area (Å²) in [5, 5.41) is 0.602. The highest BCUT2D eigenvalue weighted by Crippen LogP contribution is 2.32. The molecule has 2 saturated heterocycles. The number of hydrogen-bond acceptors (Lipinski definition) is 4. The van der Waals surface area contributed by atoms with Crippen molar-refractivity contribution in [1.82, 2.24) is 14.1 Å². The Bertz CT molecular complexity index is 840. The second-order valence-corrected chi connectivity index (χ2v) is 10.7. The van der Waals surface area contributed by atoms with Crippen LogP contribution in [0.3, 0.4) is 0 Å². The first-order valence-corrected chi connectivity index (χ1v) is 12.0. The molecule has 1 saturated carbocycles. The summed E-state index contributed by atoms with van der Waals surface area (Å²) in [4.78, 5) is 17.1. The second kappa shape index (κ2) is 8.11. The van der Waals surface area contributed by atoms with Crippen molar-refractivity contribution < 1.29 is 13.2 Å². The number of rotatable bonds is 5. The van der Waals surface area contributed by atoms with Crippen LogP contribution in [0.4, 0.5) is 0 Å². The number of halogens is 2. The van der Waals surface area contributed by atoms with E-state index in [-0.39, 0.29) is 16.8 Å². The van der Waals surface area contributed by atoms with Crippen molar-refractivity contribution in [2.45, 2.75) is 36.6 Å². The Labute approximate surface area is 176 Å². The molecule has 1 amide bonds. The number of benzene rings is 1. The SMILES string of the molecule is O=C1[C@H](N2CCCN(S(=O)(=O)c3cc(Cl)cc(Cl)c3)CC2)CCN1CC1CC1. The third kappa shape index (κ3) is 4.33. The van der Waals surface area contributed by atoms with Crippen LogP contribution in [0.5, 0.6) is 0 Å². The van der Waals surface area contributed by atoms with Crippen LogP contribution >= 0.6 is 23.2 Å². The molecule has 0 radical (unpaired) electrons. The zero-order valence-corrected chi connectivity index (χ0v) is 18.0. The maximum absolute atomic E-state index is 13.0.